The van der Waals surface area contributed by atoms with Crippen LogP contribution in [-0.4, -0.2) is 10.2 Å². The van der Waals surface area contributed by atoms with Gasteiger partial charge < -0.3 is 5.73 Å². The topological polar surface area (TPSA) is 54.7 Å². The fourth-order valence-corrected chi connectivity index (χ4v) is 2.22. The highest BCUT2D eigenvalue weighted by Crippen LogP contribution is 2.45. The minimum absolute atomic E-state index is 0.601. The lowest BCUT2D eigenvalue weighted by Crippen LogP contribution is -1.89. The zero-order chi connectivity index (χ0) is 11.1. The molecule has 1 aromatic heterocycles. The van der Waals surface area contributed by atoms with Gasteiger partial charge in [-0.15, -0.1) is 0 Å². The maximum Gasteiger partial charge on any atom is 0.153 e. The van der Waals surface area contributed by atoms with E-state index in [0.29, 0.717) is 11.7 Å². The van der Waals surface area contributed by atoms with Gasteiger partial charge in [-0.3, -0.25) is 5.10 Å². The standard InChI is InChI=1S/C12H12BrN3/c13-9-5-3-7(4-6-9)10-11(8-1-2-8)15-16-12(10)14/h3-6,8H,1-2H2,(H3,14,15,16). The van der Waals surface area contributed by atoms with Crippen molar-refractivity contribution >= 4 is 21.7 Å². The van der Waals surface area contributed by atoms with Crippen LogP contribution in [0.3, 0.4) is 0 Å². The number of aromatic nitrogens is 2. The first-order valence-corrected chi connectivity index (χ1v) is 6.14. The molecule has 1 saturated carbocycles. The zero-order valence-corrected chi connectivity index (χ0v) is 10.3. The van der Waals surface area contributed by atoms with E-state index in [4.69, 9.17) is 5.73 Å². The summed E-state index contributed by atoms with van der Waals surface area (Å²) in [5.74, 6) is 1.23. The summed E-state index contributed by atoms with van der Waals surface area (Å²) in [5.41, 5.74) is 9.33. The largest absolute Gasteiger partial charge is 0.382 e. The molecule has 0 bridgehead atoms. The second kappa shape index (κ2) is 3.63. The lowest BCUT2D eigenvalue weighted by molar-refractivity contribution is 0.969. The first-order valence-electron chi connectivity index (χ1n) is 5.35. The molecule has 1 aliphatic carbocycles. The number of aromatic amines is 1. The highest BCUT2D eigenvalue weighted by Gasteiger charge is 2.29. The van der Waals surface area contributed by atoms with Crippen molar-refractivity contribution < 1.29 is 0 Å². The molecule has 1 aromatic carbocycles. The molecule has 1 aliphatic rings. The Morgan fingerprint density at radius 3 is 2.56 bits per heavy atom. The van der Waals surface area contributed by atoms with Gasteiger partial charge in [0, 0.05) is 21.6 Å². The third-order valence-electron chi connectivity index (χ3n) is 2.94. The summed E-state index contributed by atoms with van der Waals surface area (Å²) in [7, 11) is 0. The van der Waals surface area contributed by atoms with E-state index in [1.165, 1.54) is 18.5 Å². The molecule has 1 fully saturated rings. The smallest absolute Gasteiger partial charge is 0.153 e. The summed E-state index contributed by atoms with van der Waals surface area (Å²) >= 11 is 3.43. The molecule has 0 atom stereocenters. The Labute approximate surface area is 102 Å². The highest BCUT2D eigenvalue weighted by molar-refractivity contribution is 9.10. The number of rotatable bonds is 2. The van der Waals surface area contributed by atoms with Crippen molar-refractivity contribution in [3.05, 3.63) is 34.4 Å². The Morgan fingerprint density at radius 2 is 1.94 bits per heavy atom. The van der Waals surface area contributed by atoms with Crippen LogP contribution >= 0.6 is 15.9 Å². The van der Waals surface area contributed by atoms with Gasteiger partial charge in [-0.1, -0.05) is 28.1 Å². The molecule has 0 spiro atoms. The van der Waals surface area contributed by atoms with Crippen molar-refractivity contribution in [3.8, 4) is 11.1 Å². The average Bonchev–Trinajstić information content (AvgIpc) is 3.05. The van der Waals surface area contributed by atoms with Crippen molar-refractivity contribution in [2.45, 2.75) is 18.8 Å². The number of nitrogens with one attached hydrogen (secondary N) is 1. The van der Waals surface area contributed by atoms with Crippen molar-refractivity contribution in [2.24, 2.45) is 0 Å². The quantitative estimate of drug-likeness (QED) is 0.885. The van der Waals surface area contributed by atoms with Crippen molar-refractivity contribution in [2.75, 3.05) is 5.73 Å². The van der Waals surface area contributed by atoms with E-state index in [1.54, 1.807) is 0 Å². The molecule has 0 amide bonds. The number of benzene rings is 1. The number of anilines is 1. The van der Waals surface area contributed by atoms with E-state index in [1.807, 2.05) is 12.1 Å². The molecule has 0 radical (unpaired) electrons. The Bertz CT molecular complexity index is 512. The number of hydrogen-bond acceptors (Lipinski definition) is 2. The van der Waals surface area contributed by atoms with Crippen LogP contribution in [0.1, 0.15) is 24.5 Å². The molecule has 0 saturated heterocycles. The molecule has 3 N–H and O–H groups in total. The third-order valence-corrected chi connectivity index (χ3v) is 3.47. The Hall–Kier alpha value is -1.29. The molecule has 16 heavy (non-hydrogen) atoms. The maximum atomic E-state index is 5.92. The molecule has 0 unspecified atom stereocenters. The van der Waals surface area contributed by atoms with Gasteiger partial charge in [-0.25, -0.2) is 0 Å². The summed E-state index contributed by atoms with van der Waals surface area (Å²) in [4.78, 5) is 0. The summed E-state index contributed by atoms with van der Waals surface area (Å²) < 4.78 is 1.08. The van der Waals surface area contributed by atoms with Crippen molar-refractivity contribution in [3.63, 3.8) is 0 Å². The van der Waals surface area contributed by atoms with E-state index in [-0.39, 0.29) is 0 Å². The molecule has 3 rings (SSSR count). The van der Waals surface area contributed by atoms with Crippen molar-refractivity contribution in [1.29, 1.82) is 0 Å². The van der Waals surface area contributed by atoms with Gasteiger partial charge in [-0.2, -0.15) is 5.10 Å². The van der Waals surface area contributed by atoms with Crippen molar-refractivity contribution in [1.82, 2.24) is 10.2 Å². The van der Waals surface area contributed by atoms with E-state index in [9.17, 15) is 0 Å². The van der Waals surface area contributed by atoms with Gasteiger partial charge in [0.15, 0.2) is 5.82 Å². The molecule has 2 aromatic rings. The predicted octanol–water partition coefficient (Wildman–Crippen LogP) is 3.30. The minimum atomic E-state index is 0.601. The van der Waals surface area contributed by atoms with Crippen LogP contribution in [0.5, 0.6) is 0 Å². The third kappa shape index (κ3) is 1.63. The second-order valence-corrected chi connectivity index (χ2v) is 5.09. The fourth-order valence-electron chi connectivity index (χ4n) is 1.96. The first-order chi connectivity index (χ1) is 7.75. The summed E-state index contributed by atoms with van der Waals surface area (Å²) in [6, 6.07) is 8.19. The van der Waals surface area contributed by atoms with Crippen LogP contribution in [0.4, 0.5) is 5.82 Å². The maximum absolute atomic E-state index is 5.92. The molecule has 0 aliphatic heterocycles. The van der Waals surface area contributed by atoms with E-state index < -0.39 is 0 Å². The average molecular weight is 278 g/mol. The van der Waals surface area contributed by atoms with Gasteiger partial charge >= 0.3 is 0 Å². The molecular weight excluding hydrogens is 266 g/mol. The molecular formula is C12H12BrN3. The summed E-state index contributed by atoms with van der Waals surface area (Å²) in [6.07, 6.45) is 2.48. The number of H-pyrrole nitrogens is 1. The SMILES string of the molecule is Nc1n[nH]c(C2CC2)c1-c1ccc(Br)cc1. The van der Waals surface area contributed by atoms with Gasteiger partial charge in [0.1, 0.15) is 0 Å². The van der Waals surface area contributed by atoms with E-state index in [2.05, 4.69) is 38.3 Å². The summed E-state index contributed by atoms with van der Waals surface area (Å²) in [6.45, 7) is 0. The molecule has 1 heterocycles. The summed E-state index contributed by atoms with van der Waals surface area (Å²) in [5, 5.41) is 7.18. The number of nitrogens with two attached hydrogens (primary N) is 1. The fraction of sp³-hybridized carbons (Fsp3) is 0.250. The van der Waals surface area contributed by atoms with Crippen LogP contribution in [0, 0.1) is 0 Å². The Morgan fingerprint density at radius 1 is 1.25 bits per heavy atom. The lowest BCUT2D eigenvalue weighted by Gasteiger charge is -2.03. The molecule has 82 valence electrons. The van der Waals surface area contributed by atoms with Crippen LogP contribution < -0.4 is 5.73 Å². The van der Waals surface area contributed by atoms with Gasteiger partial charge in [0.25, 0.3) is 0 Å². The number of hydrogen-bond donors (Lipinski definition) is 2. The van der Waals surface area contributed by atoms with Gasteiger partial charge in [0.2, 0.25) is 0 Å². The number of nitrogen functional groups attached to an aromatic ring is 1. The lowest BCUT2D eigenvalue weighted by atomic mass is 10.0. The number of nitrogens with zero attached hydrogens (tertiary/aromatic N) is 1. The highest BCUT2D eigenvalue weighted by atomic mass is 79.9. The predicted molar refractivity (Wildman–Crippen MR) is 68.1 cm³/mol. The second-order valence-electron chi connectivity index (χ2n) is 4.18. The van der Waals surface area contributed by atoms with E-state index in [0.717, 1.165) is 15.6 Å². The Balaban J connectivity index is 2.10. The normalized spacial score (nSPS) is 15.3. The van der Waals surface area contributed by atoms with Crippen LogP contribution in [0.25, 0.3) is 11.1 Å². The monoisotopic (exact) mass is 277 g/mol. The van der Waals surface area contributed by atoms with Crippen LogP contribution in [-0.2, 0) is 0 Å². The zero-order valence-electron chi connectivity index (χ0n) is 8.70. The molecule has 4 heteroatoms. The number of halogens is 1. The first kappa shape index (κ1) is 9.90. The Kier molecular flexibility index (Phi) is 2.24. The minimum Gasteiger partial charge on any atom is -0.382 e. The van der Waals surface area contributed by atoms with E-state index >= 15 is 0 Å². The van der Waals surface area contributed by atoms with Crippen LogP contribution in [0.15, 0.2) is 28.7 Å². The van der Waals surface area contributed by atoms with Crippen LogP contribution in [0.2, 0.25) is 0 Å². The van der Waals surface area contributed by atoms with Gasteiger partial charge in [0.05, 0.1) is 0 Å². The molecule has 3 nitrogen and oxygen atoms in total. The van der Waals surface area contributed by atoms with Gasteiger partial charge in [-0.05, 0) is 30.5 Å².